The first-order valence-corrected chi connectivity index (χ1v) is 18.9. The van der Waals surface area contributed by atoms with E-state index in [1.165, 1.54) is 65.2 Å². The minimum Gasteiger partial charge on any atom is -0.456 e. The maximum absolute atomic E-state index is 6.27. The molecule has 12 rings (SSSR count). The fourth-order valence-corrected chi connectivity index (χ4v) is 10.5. The second-order valence-electron chi connectivity index (χ2n) is 14.1. The molecule has 2 aliphatic rings. The highest BCUT2D eigenvalue weighted by molar-refractivity contribution is 7.99. The molecule has 2 aliphatic heterocycles. The van der Waals surface area contributed by atoms with E-state index in [9.17, 15) is 0 Å². The molecule has 0 bridgehead atoms. The Balaban J connectivity index is 1.22. The quantitative estimate of drug-likeness (QED) is 0.180. The van der Waals surface area contributed by atoms with Gasteiger partial charge in [-0.3, -0.25) is 0 Å². The van der Waals surface area contributed by atoms with Crippen LogP contribution >= 0.6 is 11.8 Å². The van der Waals surface area contributed by atoms with Crippen molar-refractivity contribution in [3.8, 4) is 5.69 Å². The lowest BCUT2D eigenvalue weighted by Crippen LogP contribution is -2.39. The molecule has 0 saturated carbocycles. The molecule has 8 aromatic carbocycles. The van der Waals surface area contributed by atoms with Crippen molar-refractivity contribution in [3.63, 3.8) is 0 Å². The Hall–Kier alpha value is -6.49. The summed E-state index contributed by atoms with van der Waals surface area (Å²) in [5.41, 5.74) is 13.5. The molecule has 0 aliphatic carbocycles. The van der Waals surface area contributed by atoms with E-state index in [1.807, 2.05) is 17.8 Å². The van der Waals surface area contributed by atoms with E-state index in [0.717, 1.165) is 33.3 Å². The second kappa shape index (κ2) is 10.8. The highest BCUT2D eigenvalue weighted by Gasteiger charge is 2.50. The molecule has 4 heterocycles. The zero-order chi connectivity index (χ0) is 34.7. The average Bonchev–Trinajstić information content (AvgIpc) is 3.75. The maximum atomic E-state index is 6.27. The highest BCUT2D eigenvalue weighted by Crippen LogP contribution is 2.63. The summed E-state index contributed by atoms with van der Waals surface area (Å²) in [6.45, 7) is 0. The lowest BCUT2D eigenvalue weighted by molar-refractivity contribution is 0.669. The number of anilines is 3. The van der Waals surface area contributed by atoms with Crippen LogP contribution in [0.2, 0.25) is 0 Å². The second-order valence-corrected chi connectivity index (χ2v) is 15.1. The van der Waals surface area contributed by atoms with Gasteiger partial charge in [-0.05, 0) is 95.1 Å². The SMILES string of the molecule is c1ccc(N2c3ccccc3C3(c4ccccc4Sc4cc5c6ccccc6n(-c6ccc7oc8ccccc8c7c6)c5cc43)c3ccccc32)cc1. The summed E-state index contributed by atoms with van der Waals surface area (Å²) < 4.78 is 8.73. The number of para-hydroxylation sites is 5. The average molecular weight is 695 g/mol. The van der Waals surface area contributed by atoms with Crippen molar-refractivity contribution in [2.24, 2.45) is 0 Å². The molecule has 0 saturated heterocycles. The van der Waals surface area contributed by atoms with Gasteiger partial charge in [-0.15, -0.1) is 0 Å². The molecule has 53 heavy (non-hydrogen) atoms. The topological polar surface area (TPSA) is 21.3 Å². The number of rotatable bonds is 2. The van der Waals surface area contributed by atoms with Gasteiger partial charge in [0.2, 0.25) is 0 Å². The number of hydrogen-bond acceptors (Lipinski definition) is 3. The Morgan fingerprint density at radius 3 is 1.85 bits per heavy atom. The molecule has 3 nitrogen and oxygen atoms in total. The number of fused-ring (bicyclic) bond motifs is 14. The van der Waals surface area contributed by atoms with Crippen molar-refractivity contribution in [3.05, 3.63) is 204 Å². The Morgan fingerprint density at radius 2 is 1.04 bits per heavy atom. The predicted octanol–water partition coefficient (Wildman–Crippen LogP) is 13.3. The van der Waals surface area contributed by atoms with Crippen LogP contribution in [0.25, 0.3) is 49.4 Å². The molecule has 0 radical (unpaired) electrons. The van der Waals surface area contributed by atoms with Crippen LogP contribution in [0.1, 0.15) is 22.3 Å². The van der Waals surface area contributed by atoms with Crippen LogP contribution in [0.3, 0.4) is 0 Å². The monoisotopic (exact) mass is 694 g/mol. The normalized spacial score (nSPS) is 14.1. The predicted molar refractivity (Wildman–Crippen MR) is 219 cm³/mol. The van der Waals surface area contributed by atoms with Gasteiger partial charge < -0.3 is 13.9 Å². The summed E-state index contributed by atoms with van der Waals surface area (Å²) in [7, 11) is 0. The van der Waals surface area contributed by atoms with Crippen molar-refractivity contribution in [2.75, 3.05) is 4.90 Å². The zero-order valence-corrected chi connectivity index (χ0v) is 29.3. The van der Waals surface area contributed by atoms with Crippen LogP contribution in [0, 0.1) is 0 Å². The summed E-state index contributed by atoms with van der Waals surface area (Å²) in [6, 6.07) is 66.7. The van der Waals surface area contributed by atoms with Crippen LogP contribution in [0.4, 0.5) is 17.1 Å². The summed E-state index contributed by atoms with van der Waals surface area (Å²) in [6.07, 6.45) is 0. The van der Waals surface area contributed by atoms with Crippen LogP contribution in [-0.2, 0) is 5.41 Å². The molecule has 248 valence electrons. The minimum atomic E-state index is -0.560. The van der Waals surface area contributed by atoms with E-state index in [0.29, 0.717) is 0 Å². The Bertz CT molecular complexity index is 3070. The van der Waals surface area contributed by atoms with Crippen molar-refractivity contribution in [1.29, 1.82) is 0 Å². The van der Waals surface area contributed by atoms with Crippen LogP contribution < -0.4 is 4.90 Å². The van der Waals surface area contributed by atoms with Gasteiger partial charge >= 0.3 is 0 Å². The summed E-state index contributed by atoms with van der Waals surface area (Å²) >= 11 is 1.89. The Kier molecular flexibility index (Phi) is 5.92. The van der Waals surface area contributed by atoms with E-state index in [-0.39, 0.29) is 0 Å². The van der Waals surface area contributed by atoms with Gasteiger partial charge in [-0.2, -0.15) is 0 Å². The standard InChI is InChI=1S/C49H30N2OS/c1-2-14-31(15-3-1)50-42-22-10-6-18-37(42)49(38-19-7-11-23-43(38)50)39-20-8-13-25-47(39)53-48-29-35-33-16-4-9-21-41(33)51(44(35)30-40(48)49)32-26-27-46-36(28-32)34-17-5-12-24-45(34)52-46/h1-30H. The lowest BCUT2D eigenvalue weighted by atomic mass is 9.62. The molecule has 0 unspecified atom stereocenters. The number of aromatic nitrogens is 1. The number of hydrogen-bond donors (Lipinski definition) is 0. The minimum absolute atomic E-state index is 0.560. The molecular weight excluding hydrogens is 665 g/mol. The molecule has 0 fully saturated rings. The first-order chi connectivity index (χ1) is 26.3. The summed E-state index contributed by atoms with van der Waals surface area (Å²) in [5.74, 6) is 0. The fraction of sp³-hybridized carbons (Fsp3) is 0.0204. The molecule has 0 N–H and O–H groups in total. The maximum Gasteiger partial charge on any atom is 0.135 e. The third-order valence-electron chi connectivity index (χ3n) is 11.4. The van der Waals surface area contributed by atoms with Crippen LogP contribution in [0.5, 0.6) is 0 Å². The van der Waals surface area contributed by atoms with E-state index in [1.54, 1.807) is 0 Å². The van der Waals surface area contributed by atoms with Crippen molar-refractivity contribution >= 4 is 72.6 Å². The van der Waals surface area contributed by atoms with Gasteiger partial charge in [-0.1, -0.05) is 121 Å². The fourth-order valence-electron chi connectivity index (χ4n) is 9.31. The largest absolute Gasteiger partial charge is 0.456 e. The first-order valence-electron chi connectivity index (χ1n) is 18.1. The van der Waals surface area contributed by atoms with Crippen LogP contribution in [0.15, 0.2) is 196 Å². The molecule has 10 aromatic rings. The van der Waals surface area contributed by atoms with Gasteiger partial charge in [0.25, 0.3) is 0 Å². The number of furan rings is 1. The zero-order valence-electron chi connectivity index (χ0n) is 28.5. The van der Waals surface area contributed by atoms with Gasteiger partial charge in [0.05, 0.1) is 27.8 Å². The smallest absolute Gasteiger partial charge is 0.135 e. The summed E-state index contributed by atoms with van der Waals surface area (Å²) in [4.78, 5) is 5.02. The van der Waals surface area contributed by atoms with E-state index in [4.69, 9.17) is 4.42 Å². The molecule has 1 spiro atoms. The van der Waals surface area contributed by atoms with Gasteiger partial charge in [0, 0.05) is 42.7 Å². The van der Waals surface area contributed by atoms with E-state index in [2.05, 4.69) is 185 Å². The number of benzene rings is 8. The number of nitrogens with zero attached hydrogens (tertiary/aromatic N) is 2. The van der Waals surface area contributed by atoms with Gasteiger partial charge in [-0.25, -0.2) is 0 Å². The van der Waals surface area contributed by atoms with Gasteiger partial charge in [0.15, 0.2) is 0 Å². The van der Waals surface area contributed by atoms with E-state index < -0.39 is 5.41 Å². The Labute approximate surface area is 310 Å². The molecule has 4 heteroatoms. The van der Waals surface area contributed by atoms with Crippen molar-refractivity contribution in [1.82, 2.24) is 4.57 Å². The van der Waals surface area contributed by atoms with Crippen LogP contribution in [-0.4, -0.2) is 4.57 Å². The van der Waals surface area contributed by atoms with E-state index >= 15 is 0 Å². The van der Waals surface area contributed by atoms with Crippen molar-refractivity contribution < 1.29 is 4.42 Å². The summed E-state index contributed by atoms with van der Waals surface area (Å²) in [5, 5.41) is 4.75. The molecular formula is C49H30N2OS. The highest BCUT2D eigenvalue weighted by atomic mass is 32.2. The van der Waals surface area contributed by atoms with Gasteiger partial charge in [0.1, 0.15) is 11.2 Å². The molecule has 0 atom stereocenters. The molecule has 0 amide bonds. The Morgan fingerprint density at radius 1 is 0.396 bits per heavy atom. The first kappa shape index (κ1) is 29.1. The third kappa shape index (κ3) is 3.85. The van der Waals surface area contributed by atoms with Crippen molar-refractivity contribution in [2.45, 2.75) is 15.2 Å². The molecule has 2 aromatic heterocycles. The lowest BCUT2D eigenvalue weighted by Gasteiger charge is -2.49. The third-order valence-corrected chi connectivity index (χ3v) is 12.6.